The highest BCUT2D eigenvalue weighted by molar-refractivity contribution is 7.92. The van der Waals surface area contributed by atoms with Crippen molar-refractivity contribution in [2.45, 2.75) is 44.6 Å². The van der Waals surface area contributed by atoms with E-state index < -0.39 is 10.0 Å². The first-order chi connectivity index (χ1) is 9.03. The summed E-state index contributed by atoms with van der Waals surface area (Å²) in [5.74, 6) is 0. The molecule has 0 amide bonds. The van der Waals surface area contributed by atoms with Crippen LogP contribution in [0, 0.1) is 0 Å². The molecule has 4 nitrogen and oxygen atoms in total. The van der Waals surface area contributed by atoms with E-state index >= 15 is 0 Å². The van der Waals surface area contributed by atoms with Gasteiger partial charge in [-0.05, 0) is 37.1 Å². The van der Waals surface area contributed by atoms with Crippen LogP contribution in [0.4, 0.5) is 11.4 Å². The van der Waals surface area contributed by atoms with E-state index in [1.165, 1.54) is 38.5 Å². The molecule has 1 aromatic carbocycles. The minimum atomic E-state index is -3.19. The highest BCUT2D eigenvalue weighted by Crippen LogP contribution is 2.22. The standard InChI is InChI=1S/C14H22N2O2S/c1-19(17,18)16-14-10-8-13(9-11-14)15-12-6-4-2-3-5-7-12/h8-12,15-16H,2-7H2,1H3. The summed E-state index contributed by atoms with van der Waals surface area (Å²) in [6, 6.07) is 7.99. The molecular formula is C14H22N2O2S. The average molecular weight is 282 g/mol. The van der Waals surface area contributed by atoms with Crippen LogP contribution in [-0.4, -0.2) is 20.7 Å². The lowest BCUT2D eigenvalue weighted by atomic mass is 10.1. The summed E-state index contributed by atoms with van der Waals surface area (Å²) in [6.07, 6.45) is 8.89. The summed E-state index contributed by atoms with van der Waals surface area (Å²) in [6.45, 7) is 0. The second-order valence-electron chi connectivity index (χ2n) is 5.28. The molecule has 1 saturated carbocycles. The third-order valence-electron chi connectivity index (χ3n) is 3.41. The summed E-state index contributed by atoms with van der Waals surface area (Å²) in [5, 5.41) is 3.53. The van der Waals surface area contributed by atoms with E-state index in [1.807, 2.05) is 12.1 Å². The zero-order valence-electron chi connectivity index (χ0n) is 11.4. The Morgan fingerprint density at radius 3 is 2.00 bits per heavy atom. The zero-order chi connectivity index (χ0) is 13.7. The summed E-state index contributed by atoms with van der Waals surface area (Å²) in [7, 11) is -3.19. The second-order valence-corrected chi connectivity index (χ2v) is 7.03. The van der Waals surface area contributed by atoms with Gasteiger partial charge in [0.2, 0.25) is 10.0 Å². The maximum atomic E-state index is 11.1. The van der Waals surface area contributed by atoms with E-state index in [0.717, 1.165) is 11.9 Å². The molecule has 1 aliphatic rings. The third-order valence-corrected chi connectivity index (χ3v) is 4.02. The molecule has 1 aliphatic carbocycles. The number of benzene rings is 1. The van der Waals surface area contributed by atoms with Crippen molar-refractivity contribution in [3.8, 4) is 0 Å². The molecule has 2 rings (SSSR count). The Morgan fingerprint density at radius 1 is 0.947 bits per heavy atom. The van der Waals surface area contributed by atoms with Crippen LogP contribution < -0.4 is 10.0 Å². The highest BCUT2D eigenvalue weighted by Gasteiger charge is 2.11. The molecule has 0 unspecified atom stereocenters. The topological polar surface area (TPSA) is 58.2 Å². The van der Waals surface area contributed by atoms with Crippen molar-refractivity contribution in [1.82, 2.24) is 0 Å². The van der Waals surface area contributed by atoms with E-state index in [2.05, 4.69) is 10.0 Å². The smallest absolute Gasteiger partial charge is 0.229 e. The first-order valence-corrected chi connectivity index (χ1v) is 8.76. The molecule has 0 saturated heterocycles. The molecule has 2 N–H and O–H groups in total. The van der Waals surface area contributed by atoms with Gasteiger partial charge in [-0.2, -0.15) is 0 Å². The lowest BCUT2D eigenvalue weighted by molar-refractivity contribution is 0.607. The van der Waals surface area contributed by atoms with Gasteiger partial charge in [0.05, 0.1) is 6.26 Å². The van der Waals surface area contributed by atoms with Crippen molar-refractivity contribution in [2.75, 3.05) is 16.3 Å². The minimum Gasteiger partial charge on any atom is -0.382 e. The number of rotatable bonds is 4. The lowest BCUT2D eigenvalue weighted by Crippen LogP contribution is -2.18. The highest BCUT2D eigenvalue weighted by atomic mass is 32.2. The fraction of sp³-hybridized carbons (Fsp3) is 0.571. The van der Waals surface area contributed by atoms with Gasteiger partial charge in [0.1, 0.15) is 0 Å². The van der Waals surface area contributed by atoms with Crippen LogP contribution in [-0.2, 0) is 10.0 Å². The SMILES string of the molecule is CS(=O)(=O)Nc1ccc(NC2CCCCCC2)cc1. The molecule has 19 heavy (non-hydrogen) atoms. The Balaban J connectivity index is 1.94. The Hall–Kier alpha value is -1.23. The van der Waals surface area contributed by atoms with Crippen LogP contribution >= 0.6 is 0 Å². The van der Waals surface area contributed by atoms with Gasteiger partial charge in [0.25, 0.3) is 0 Å². The molecule has 0 bridgehead atoms. The van der Waals surface area contributed by atoms with Gasteiger partial charge in [-0.3, -0.25) is 4.72 Å². The van der Waals surface area contributed by atoms with E-state index in [0.29, 0.717) is 11.7 Å². The van der Waals surface area contributed by atoms with E-state index in [9.17, 15) is 8.42 Å². The summed E-state index contributed by atoms with van der Waals surface area (Å²) in [5.41, 5.74) is 1.67. The predicted octanol–water partition coefficient (Wildman–Crippen LogP) is 3.19. The van der Waals surface area contributed by atoms with E-state index in [4.69, 9.17) is 0 Å². The van der Waals surface area contributed by atoms with Crippen molar-refractivity contribution in [2.24, 2.45) is 0 Å². The number of hydrogen-bond acceptors (Lipinski definition) is 3. The fourth-order valence-corrected chi connectivity index (χ4v) is 3.07. The first kappa shape index (κ1) is 14.2. The molecular weight excluding hydrogens is 260 g/mol. The van der Waals surface area contributed by atoms with Crippen LogP contribution in [0.25, 0.3) is 0 Å². The van der Waals surface area contributed by atoms with E-state index in [-0.39, 0.29) is 0 Å². The van der Waals surface area contributed by atoms with Gasteiger partial charge in [-0.15, -0.1) is 0 Å². The third kappa shape index (κ3) is 5.11. The monoisotopic (exact) mass is 282 g/mol. The molecule has 0 aliphatic heterocycles. The van der Waals surface area contributed by atoms with Gasteiger partial charge >= 0.3 is 0 Å². The summed E-state index contributed by atoms with van der Waals surface area (Å²) >= 11 is 0. The predicted molar refractivity (Wildman–Crippen MR) is 80.0 cm³/mol. The first-order valence-electron chi connectivity index (χ1n) is 6.87. The quantitative estimate of drug-likeness (QED) is 0.834. The molecule has 5 heteroatoms. The van der Waals surface area contributed by atoms with Crippen LogP contribution in [0.15, 0.2) is 24.3 Å². The van der Waals surface area contributed by atoms with Crippen LogP contribution in [0.2, 0.25) is 0 Å². The zero-order valence-corrected chi connectivity index (χ0v) is 12.2. The molecule has 0 atom stereocenters. The van der Waals surface area contributed by atoms with Crippen molar-refractivity contribution in [3.05, 3.63) is 24.3 Å². The van der Waals surface area contributed by atoms with Crippen molar-refractivity contribution < 1.29 is 8.42 Å². The largest absolute Gasteiger partial charge is 0.382 e. The van der Waals surface area contributed by atoms with Crippen LogP contribution in [0.3, 0.4) is 0 Å². The van der Waals surface area contributed by atoms with Gasteiger partial charge in [-0.25, -0.2) is 8.42 Å². The normalized spacial score (nSPS) is 17.7. The molecule has 0 heterocycles. The van der Waals surface area contributed by atoms with Gasteiger partial charge in [0, 0.05) is 17.4 Å². The number of hydrogen-bond donors (Lipinski definition) is 2. The Bertz CT molecular complexity index is 489. The van der Waals surface area contributed by atoms with Crippen LogP contribution in [0.1, 0.15) is 38.5 Å². The molecule has 0 radical (unpaired) electrons. The average Bonchev–Trinajstić information content (AvgIpc) is 2.58. The minimum absolute atomic E-state index is 0.552. The molecule has 1 fully saturated rings. The molecule has 0 spiro atoms. The lowest BCUT2D eigenvalue weighted by Gasteiger charge is -2.17. The van der Waals surface area contributed by atoms with Gasteiger partial charge < -0.3 is 5.32 Å². The second kappa shape index (κ2) is 6.28. The van der Waals surface area contributed by atoms with Crippen molar-refractivity contribution in [3.63, 3.8) is 0 Å². The molecule has 0 aromatic heterocycles. The molecule has 106 valence electrons. The Labute approximate surface area is 115 Å². The van der Waals surface area contributed by atoms with Crippen molar-refractivity contribution >= 4 is 21.4 Å². The fourth-order valence-electron chi connectivity index (χ4n) is 2.51. The summed E-state index contributed by atoms with van der Waals surface area (Å²) in [4.78, 5) is 0. The Morgan fingerprint density at radius 2 is 1.47 bits per heavy atom. The summed E-state index contributed by atoms with van der Waals surface area (Å²) < 4.78 is 24.7. The van der Waals surface area contributed by atoms with E-state index in [1.54, 1.807) is 12.1 Å². The van der Waals surface area contributed by atoms with Crippen molar-refractivity contribution in [1.29, 1.82) is 0 Å². The van der Waals surface area contributed by atoms with Gasteiger partial charge in [-0.1, -0.05) is 25.7 Å². The number of sulfonamides is 1. The van der Waals surface area contributed by atoms with Crippen LogP contribution in [0.5, 0.6) is 0 Å². The Kier molecular flexibility index (Phi) is 4.69. The number of anilines is 2. The maximum absolute atomic E-state index is 11.1. The maximum Gasteiger partial charge on any atom is 0.229 e. The molecule has 1 aromatic rings. The van der Waals surface area contributed by atoms with Gasteiger partial charge in [0.15, 0.2) is 0 Å². The number of nitrogens with one attached hydrogen (secondary N) is 2.